The van der Waals surface area contributed by atoms with Gasteiger partial charge in [-0.2, -0.15) is 0 Å². The molecule has 0 aliphatic heterocycles. The molecule has 1 unspecified atom stereocenters. The molecule has 0 aliphatic carbocycles. The van der Waals surface area contributed by atoms with E-state index in [4.69, 9.17) is 9.47 Å². The number of amides is 1. The van der Waals surface area contributed by atoms with Gasteiger partial charge in [0.05, 0.1) is 10.6 Å². The Bertz CT molecular complexity index is 1530. The predicted molar refractivity (Wildman–Crippen MR) is 149 cm³/mol. The normalized spacial score (nSPS) is 11.7. The zero-order valence-corrected chi connectivity index (χ0v) is 22.2. The molecule has 0 saturated heterocycles. The quantitative estimate of drug-likeness (QED) is 0.223. The molecular weight excluding hydrogens is 532 g/mol. The summed E-state index contributed by atoms with van der Waals surface area (Å²) < 4.78 is 39.0. The van der Waals surface area contributed by atoms with Crippen LogP contribution in [0.2, 0.25) is 0 Å². The van der Waals surface area contributed by atoms with E-state index in [0.29, 0.717) is 17.7 Å². The summed E-state index contributed by atoms with van der Waals surface area (Å²) in [6.45, 7) is 0.320. The van der Waals surface area contributed by atoms with Gasteiger partial charge in [-0.05, 0) is 47.0 Å². The maximum atomic E-state index is 12.8. The number of nitrogens with one attached hydrogen (secondary N) is 2. The maximum absolute atomic E-state index is 12.8. The van der Waals surface area contributed by atoms with Crippen LogP contribution in [-0.4, -0.2) is 31.6 Å². The fraction of sp³-hybridized carbons (Fsp3) is 0.133. The van der Waals surface area contributed by atoms with Crippen molar-refractivity contribution in [2.75, 3.05) is 4.72 Å². The third kappa shape index (κ3) is 8.08. The average Bonchev–Trinajstić information content (AvgIpc) is 2.97. The SMILES string of the molecule is O=C(NC(Cc1ccccc1NS(=O)(=O)c1ccccc1)C(=O)O)OCc1ccc(COc2ccccc2)cc1. The smallest absolute Gasteiger partial charge is 0.408 e. The second kappa shape index (κ2) is 13.3. The van der Waals surface area contributed by atoms with Gasteiger partial charge in [0.1, 0.15) is 25.0 Å². The molecule has 3 N–H and O–H groups in total. The highest BCUT2D eigenvalue weighted by Gasteiger charge is 2.24. The Morgan fingerprint density at radius 3 is 1.98 bits per heavy atom. The number of ether oxygens (including phenoxy) is 2. The first-order valence-corrected chi connectivity index (χ1v) is 13.9. The Labute approximate surface area is 232 Å². The third-order valence-corrected chi connectivity index (χ3v) is 7.25. The fourth-order valence-electron chi connectivity index (χ4n) is 3.77. The van der Waals surface area contributed by atoms with E-state index in [0.717, 1.165) is 11.3 Å². The van der Waals surface area contributed by atoms with Gasteiger partial charge in [-0.25, -0.2) is 18.0 Å². The molecule has 0 fully saturated rings. The van der Waals surface area contributed by atoms with E-state index in [1.54, 1.807) is 48.5 Å². The van der Waals surface area contributed by atoms with Crippen molar-refractivity contribution in [3.05, 3.63) is 126 Å². The van der Waals surface area contributed by atoms with Gasteiger partial charge >= 0.3 is 12.1 Å². The van der Waals surface area contributed by atoms with Gasteiger partial charge in [-0.1, -0.05) is 78.9 Å². The largest absolute Gasteiger partial charge is 0.489 e. The number of carboxylic acid groups (broad SMARTS) is 1. The minimum Gasteiger partial charge on any atom is -0.489 e. The van der Waals surface area contributed by atoms with E-state index in [2.05, 4.69) is 10.0 Å². The number of benzene rings is 4. The molecular formula is C30H28N2O7S. The summed E-state index contributed by atoms with van der Waals surface area (Å²) in [5.41, 5.74) is 2.25. The summed E-state index contributed by atoms with van der Waals surface area (Å²) in [6.07, 6.45) is -1.08. The van der Waals surface area contributed by atoms with E-state index >= 15 is 0 Å². The summed E-state index contributed by atoms with van der Waals surface area (Å²) in [6, 6.07) is 29.6. The van der Waals surface area contributed by atoms with Crippen molar-refractivity contribution in [3.8, 4) is 5.75 Å². The van der Waals surface area contributed by atoms with Crippen molar-refractivity contribution in [3.63, 3.8) is 0 Å². The number of hydrogen-bond acceptors (Lipinski definition) is 6. The van der Waals surface area contributed by atoms with Crippen LogP contribution in [-0.2, 0) is 39.2 Å². The van der Waals surface area contributed by atoms with E-state index < -0.39 is 28.1 Å². The van der Waals surface area contributed by atoms with Gasteiger partial charge < -0.3 is 19.9 Å². The predicted octanol–water partition coefficient (Wildman–Crippen LogP) is 4.99. The van der Waals surface area contributed by atoms with Crippen LogP contribution in [0.1, 0.15) is 16.7 Å². The van der Waals surface area contributed by atoms with E-state index in [1.165, 1.54) is 18.2 Å². The molecule has 0 spiro atoms. The van der Waals surface area contributed by atoms with Crippen molar-refractivity contribution in [1.29, 1.82) is 0 Å². The maximum Gasteiger partial charge on any atom is 0.408 e. The van der Waals surface area contributed by atoms with Crippen LogP contribution < -0.4 is 14.8 Å². The molecule has 0 heterocycles. The van der Waals surface area contributed by atoms with Crippen molar-refractivity contribution in [2.24, 2.45) is 0 Å². The second-order valence-corrected chi connectivity index (χ2v) is 10.5. The summed E-state index contributed by atoms with van der Waals surface area (Å²) in [7, 11) is -3.89. The lowest BCUT2D eigenvalue weighted by atomic mass is 10.0. The zero-order chi connectivity index (χ0) is 28.4. The van der Waals surface area contributed by atoms with Crippen molar-refractivity contribution in [2.45, 2.75) is 30.6 Å². The van der Waals surface area contributed by atoms with Gasteiger partial charge in [-0.15, -0.1) is 0 Å². The number of alkyl carbamates (subject to hydrolysis) is 1. The van der Waals surface area contributed by atoms with Crippen LogP contribution >= 0.6 is 0 Å². The highest BCUT2D eigenvalue weighted by atomic mass is 32.2. The summed E-state index contributed by atoms with van der Waals surface area (Å²) in [5.74, 6) is -0.531. The number of anilines is 1. The van der Waals surface area contributed by atoms with Gasteiger partial charge in [0.25, 0.3) is 10.0 Å². The van der Waals surface area contributed by atoms with Crippen LogP contribution in [0.15, 0.2) is 114 Å². The van der Waals surface area contributed by atoms with Crippen molar-refractivity contribution in [1.82, 2.24) is 5.32 Å². The molecule has 206 valence electrons. The second-order valence-electron chi connectivity index (χ2n) is 8.81. The molecule has 0 radical (unpaired) electrons. The topological polar surface area (TPSA) is 131 Å². The molecule has 4 aromatic carbocycles. The van der Waals surface area contributed by atoms with Crippen LogP contribution in [0.25, 0.3) is 0 Å². The molecule has 0 aliphatic rings. The summed E-state index contributed by atoms with van der Waals surface area (Å²) in [5, 5.41) is 12.1. The van der Waals surface area contributed by atoms with Gasteiger partial charge in [0.2, 0.25) is 0 Å². The molecule has 0 saturated carbocycles. The molecule has 1 amide bonds. The highest BCUT2D eigenvalue weighted by molar-refractivity contribution is 7.92. The van der Waals surface area contributed by atoms with Crippen LogP contribution in [0.4, 0.5) is 10.5 Å². The highest BCUT2D eigenvalue weighted by Crippen LogP contribution is 2.22. The van der Waals surface area contributed by atoms with Gasteiger partial charge in [-0.3, -0.25) is 4.72 Å². The minimum absolute atomic E-state index is 0.0640. The lowest BCUT2D eigenvalue weighted by Crippen LogP contribution is -2.42. The van der Waals surface area contributed by atoms with E-state index in [1.807, 2.05) is 42.5 Å². The van der Waals surface area contributed by atoms with Crippen LogP contribution in [0.3, 0.4) is 0 Å². The lowest BCUT2D eigenvalue weighted by Gasteiger charge is -2.18. The van der Waals surface area contributed by atoms with E-state index in [-0.39, 0.29) is 23.6 Å². The van der Waals surface area contributed by atoms with Crippen LogP contribution in [0, 0.1) is 0 Å². The monoisotopic (exact) mass is 560 g/mol. The number of carbonyl (C=O) groups is 2. The van der Waals surface area contributed by atoms with E-state index in [9.17, 15) is 23.1 Å². The molecule has 4 rings (SSSR count). The number of aliphatic carboxylic acids is 1. The number of rotatable bonds is 12. The van der Waals surface area contributed by atoms with Crippen LogP contribution in [0.5, 0.6) is 5.75 Å². The van der Waals surface area contributed by atoms with Gasteiger partial charge in [0, 0.05) is 6.42 Å². The summed E-state index contributed by atoms with van der Waals surface area (Å²) in [4.78, 5) is 24.4. The minimum atomic E-state index is -3.89. The van der Waals surface area contributed by atoms with Crippen molar-refractivity contribution >= 4 is 27.8 Å². The molecule has 40 heavy (non-hydrogen) atoms. The first kappa shape index (κ1) is 28.2. The first-order valence-electron chi connectivity index (χ1n) is 12.4. The zero-order valence-electron chi connectivity index (χ0n) is 21.4. The van der Waals surface area contributed by atoms with Gasteiger partial charge in [0.15, 0.2) is 0 Å². The first-order chi connectivity index (χ1) is 19.3. The molecule has 0 bridgehead atoms. The Balaban J connectivity index is 1.32. The standard InChI is InChI=1S/C30H28N2O7S/c33-29(34)28(19-24-9-7-8-14-27(24)32-40(36,37)26-12-5-2-6-13-26)31-30(35)39-21-23-17-15-22(16-18-23)20-38-25-10-3-1-4-11-25/h1-18,28,32H,19-21H2,(H,31,35)(H,33,34). The molecule has 4 aromatic rings. The molecule has 10 heteroatoms. The number of hydrogen-bond donors (Lipinski definition) is 3. The Morgan fingerprint density at radius 1 is 0.750 bits per heavy atom. The fourth-order valence-corrected chi connectivity index (χ4v) is 4.89. The Morgan fingerprint density at radius 2 is 1.32 bits per heavy atom. The van der Waals surface area contributed by atoms with Crippen molar-refractivity contribution < 1.29 is 32.6 Å². The number of carbonyl (C=O) groups excluding carboxylic acids is 1. The lowest BCUT2D eigenvalue weighted by molar-refractivity contribution is -0.139. The molecule has 1 atom stereocenters. The molecule has 9 nitrogen and oxygen atoms in total. The molecule has 0 aromatic heterocycles. The summed E-state index contributed by atoms with van der Waals surface area (Å²) >= 11 is 0. The third-order valence-electron chi connectivity index (χ3n) is 5.87. The number of carboxylic acids is 1. The Hall–Kier alpha value is -4.83. The number of sulfonamides is 1. The average molecular weight is 561 g/mol. The Kier molecular flexibility index (Phi) is 9.37. The number of para-hydroxylation sites is 2.